The van der Waals surface area contributed by atoms with Crippen LogP contribution in [0.4, 0.5) is 5.82 Å². The minimum Gasteiger partial charge on any atom is -0.478 e. The number of pyridine rings is 1. The summed E-state index contributed by atoms with van der Waals surface area (Å²) in [5.41, 5.74) is -0.375. The highest BCUT2D eigenvalue weighted by Crippen LogP contribution is 2.38. The second kappa shape index (κ2) is 4.76. The molecule has 2 rings (SSSR count). The Balaban J connectivity index is 2.19. The van der Waals surface area contributed by atoms with E-state index in [-0.39, 0.29) is 17.3 Å². The zero-order valence-corrected chi connectivity index (χ0v) is 10.3. The number of nitrogens with zero attached hydrogens (tertiary/aromatic N) is 1. The molecule has 96 valence electrons. The Hall–Kier alpha value is -1.91. The number of rotatable bonds is 3. The molecule has 18 heavy (non-hydrogen) atoms. The number of carboxylic acids is 1. The lowest BCUT2D eigenvalue weighted by Gasteiger charge is -2.22. The lowest BCUT2D eigenvalue weighted by molar-refractivity contribution is -0.124. The van der Waals surface area contributed by atoms with Crippen molar-refractivity contribution in [3.63, 3.8) is 0 Å². The van der Waals surface area contributed by atoms with Crippen LogP contribution in [-0.4, -0.2) is 22.0 Å². The fourth-order valence-corrected chi connectivity index (χ4v) is 2.32. The highest BCUT2D eigenvalue weighted by molar-refractivity contribution is 6.01. The van der Waals surface area contributed by atoms with Crippen molar-refractivity contribution >= 4 is 17.7 Å². The number of hydrogen-bond acceptors (Lipinski definition) is 3. The van der Waals surface area contributed by atoms with Gasteiger partial charge in [-0.25, -0.2) is 9.78 Å². The van der Waals surface area contributed by atoms with Crippen LogP contribution in [0.2, 0.25) is 0 Å². The summed E-state index contributed by atoms with van der Waals surface area (Å²) in [7, 11) is 0. The molecule has 0 atom stereocenters. The first-order valence-corrected chi connectivity index (χ1v) is 6.03. The highest BCUT2D eigenvalue weighted by Gasteiger charge is 2.36. The van der Waals surface area contributed by atoms with Gasteiger partial charge in [0.15, 0.2) is 0 Å². The number of anilines is 1. The monoisotopic (exact) mass is 248 g/mol. The van der Waals surface area contributed by atoms with Crippen molar-refractivity contribution in [3.8, 4) is 0 Å². The molecule has 1 aliphatic rings. The Morgan fingerprint density at radius 2 is 2.06 bits per heavy atom. The van der Waals surface area contributed by atoms with Crippen molar-refractivity contribution in [2.24, 2.45) is 5.41 Å². The van der Waals surface area contributed by atoms with Crippen molar-refractivity contribution in [2.75, 3.05) is 5.32 Å². The molecular weight excluding hydrogens is 232 g/mol. The summed E-state index contributed by atoms with van der Waals surface area (Å²) < 4.78 is 0. The van der Waals surface area contributed by atoms with E-state index < -0.39 is 11.4 Å². The van der Waals surface area contributed by atoms with Gasteiger partial charge in [-0.15, -0.1) is 0 Å². The van der Waals surface area contributed by atoms with E-state index in [4.69, 9.17) is 5.11 Å². The summed E-state index contributed by atoms with van der Waals surface area (Å²) in [6.07, 6.45) is 5.23. The van der Waals surface area contributed by atoms with Gasteiger partial charge in [0.25, 0.3) is 0 Å². The molecule has 1 heterocycles. The average molecular weight is 248 g/mol. The molecule has 1 aromatic heterocycles. The van der Waals surface area contributed by atoms with Gasteiger partial charge in [0.05, 0.1) is 0 Å². The third kappa shape index (κ3) is 2.34. The predicted octanol–water partition coefficient (Wildman–Crippen LogP) is 2.30. The molecule has 1 aromatic rings. The number of aromatic carboxylic acids is 1. The van der Waals surface area contributed by atoms with Gasteiger partial charge in [-0.1, -0.05) is 19.8 Å². The third-order valence-electron chi connectivity index (χ3n) is 3.53. The molecule has 5 nitrogen and oxygen atoms in total. The largest absolute Gasteiger partial charge is 0.478 e. The third-order valence-corrected chi connectivity index (χ3v) is 3.53. The second-order valence-corrected chi connectivity index (χ2v) is 4.93. The van der Waals surface area contributed by atoms with Crippen LogP contribution in [0, 0.1) is 5.41 Å². The lowest BCUT2D eigenvalue weighted by atomic mass is 9.88. The maximum absolute atomic E-state index is 12.2. The van der Waals surface area contributed by atoms with E-state index in [9.17, 15) is 9.59 Å². The normalized spacial score (nSPS) is 17.4. The van der Waals surface area contributed by atoms with E-state index >= 15 is 0 Å². The Morgan fingerprint density at radius 3 is 2.67 bits per heavy atom. The van der Waals surface area contributed by atoms with E-state index in [0.29, 0.717) is 0 Å². The molecule has 2 N–H and O–H groups in total. The molecule has 0 radical (unpaired) electrons. The van der Waals surface area contributed by atoms with Gasteiger partial charge in [0.1, 0.15) is 11.4 Å². The zero-order chi connectivity index (χ0) is 13.2. The molecule has 0 aliphatic heterocycles. The van der Waals surface area contributed by atoms with Crippen molar-refractivity contribution in [1.29, 1.82) is 0 Å². The molecule has 0 spiro atoms. The van der Waals surface area contributed by atoms with Gasteiger partial charge >= 0.3 is 5.97 Å². The SMILES string of the molecule is CC1(C(=O)Nc2ncccc2C(=O)O)CCCC1. The molecule has 0 bridgehead atoms. The Kier molecular flexibility index (Phi) is 3.32. The van der Waals surface area contributed by atoms with E-state index in [0.717, 1.165) is 25.7 Å². The predicted molar refractivity (Wildman–Crippen MR) is 66.4 cm³/mol. The average Bonchev–Trinajstić information content (AvgIpc) is 2.78. The zero-order valence-electron chi connectivity index (χ0n) is 10.3. The first kappa shape index (κ1) is 12.5. The summed E-state index contributed by atoms with van der Waals surface area (Å²) in [5, 5.41) is 11.7. The van der Waals surface area contributed by atoms with Crippen molar-refractivity contribution < 1.29 is 14.7 Å². The quantitative estimate of drug-likeness (QED) is 0.860. The number of carboxylic acid groups (broad SMARTS) is 1. The number of amides is 1. The van der Waals surface area contributed by atoms with Crippen LogP contribution in [0.5, 0.6) is 0 Å². The number of carbonyl (C=O) groups excluding carboxylic acids is 1. The standard InChI is InChI=1S/C13H16N2O3/c1-13(6-2-3-7-13)12(18)15-10-9(11(16)17)5-4-8-14-10/h4-5,8H,2-3,6-7H2,1H3,(H,16,17)(H,14,15,18). The summed E-state index contributed by atoms with van der Waals surface area (Å²) in [6, 6.07) is 2.97. The van der Waals surface area contributed by atoms with Crippen LogP contribution in [0.1, 0.15) is 43.0 Å². The Bertz CT molecular complexity index is 479. The maximum Gasteiger partial charge on any atom is 0.339 e. The molecular formula is C13H16N2O3. The van der Waals surface area contributed by atoms with Gasteiger partial charge in [-0.05, 0) is 25.0 Å². The Morgan fingerprint density at radius 1 is 1.39 bits per heavy atom. The van der Waals surface area contributed by atoms with Gasteiger partial charge < -0.3 is 10.4 Å². The van der Waals surface area contributed by atoms with E-state index in [1.165, 1.54) is 18.3 Å². The van der Waals surface area contributed by atoms with Crippen LogP contribution >= 0.6 is 0 Å². The number of aromatic nitrogens is 1. The number of carbonyl (C=O) groups is 2. The topological polar surface area (TPSA) is 79.3 Å². The summed E-state index contributed by atoms with van der Waals surface area (Å²) in [4.78, 5) is 27.1. The van der Waals surface area contributed by atoms with E-state index in [1.807, 2.05) is 6.92 Å². The Labute approximate surface area is 105 Å². The first-order valence-electron chi connectivity index (χ1n) is 6.03. The second-order valence-electron chi connectivity index (χ2n) is 4.93. The van der Waals surface area contributed by atoms with Gasteiger partial charge in [-0.2, -0.15) is 0 Å². The smallest absolute Gasteiger partial charge is 0.339 e. The van der Waals surface area contributed by atoms with Gasteiger partial charge in [-0.3, -0.25) is 4.79 Å². The van der Waals surface area contributed by atoms with Gasteiger partial charge in [0.2, 0.25) is 5.91 Å². The molecule has 1 fully saturated rings. The minimum atomic E-state index is -1.09. The van der Waals surface area contributed by atoms with Crippen LogP contribution in [-0.2, 0) is 4.79 Å². The van der Waals surface area contributed by atoms with Crippen molar-refractivity contribution in [1.82, 2.24) is 4.98 Å². The fraction of sp³-hybridized carbons (Fsp3) is 0.462. The van der Waals surface area contributed by atoms with Crippen LogP contribution in [0.15, 0.2) is 18.3 Å². The van der Waals surface area contributed by atoms with Crippen LogP contribution < -0.4 is 5.32 Å². The molecule has 1 saturated carbocycles. The van der Waals surface area contributed by atoms with Crippen molar-refractivity contribution in [2.45, 2.75) is 32.6 Å². The summed E-state index contributed by atoms with van der Waals surface area (Å²) in [6.45, 7) is 1.92. The van der Waals surface area contributed by atoms with Crippen LogP contribution in [0.25, 0.3) is 0 Å². The molecule has 1 amide bonds. The molecule has 0 aromatic carbocycles. The summed E-state index contributed by atoms with van der Waals surface area (Å²) >= 11 is 0. The van der Waals surface area contributed by atoms with Crippen LogP contribution in [0.3, 0.4) is 0 Å². The highest BCUT2D eigenvalue weighted by atomic mass is 16.4. The fourth-order valence-electron chi connectivity index (χ4n) is 2.32. The molecule has 1 aliphatic carbocycles. The van der Waals surface area contributed by atoms with Gasteiger partial charge in [0, 0.05) is 11.6 Å². The summed E-state index contributed by atoms with van der Waals surface area (Å²) in [5.74, 6) is -1.10. The minimum absolute atomic E-state index is 0.0208. The molecule has 0 unspecified atom stereocenters. The maximum atomic E-state index is 12.2. The molecule has 0 saturated heterocycles. The number of nitrogens with one attached hydrogen (secondary N) is 1. The lowest BCUT2D eigenvalue weighted by Crippen LogP contribution is -2.31. The van der Waals surface area contributed by atoms with Crippen molar-refractivity contribution in [3.05, 3.63) is 23.9 Å². The van der Waals surface area contributed by atoms with E-state index in [1.54, 1.807) is 0 Å². The first-order chi connectivity index (χ1) is 8.53. The number of hydrogen-bond donors (Lipinski definition) is 2. The van der Waals surface area contributed by atoms with E-state index in [2.05, 4.69) is 10.3 Å². The molecule has 5 heteroatoms.